The lowest BCUT2D eigenvalue weighted by atomic mass is 9.82. The number of hydrogen-bond donors (Lipinski definition) is 1. The zero-order valence-electron chi connectivity index (χ0n) is 12.9. The fourth-order valence-electron chi connectivity index (χ4n) is 3.18. The predicted octanol–water partition coefficient (Wildman–Crippen LogP) is 2.68. The van der Waals surface area contributed by atoms with E-state index in [1.165, 1.54) is 18.4 Å². The van der Waals surface area contributed by atoms with E-state index in [0.29, 0.717) is 6.10 Å². The molecule has 1 atom stereocenters. The first-order chi connectivity index (χ1) is 10.3. The van der Waals surface area contributed by atoms with Crippen LogP contribution in [-0.4, -0.2) is 39.1 Å². The van der Waals surface area contributed by atoms with Gasteiger partial charge in [0.05, 0.1) is 17.7 Å². The SMILES string of the molecule is CNC(c1ccc(OC2CC2)cc1)C1(OC)CCOCC1. The Kier molecular flexibility index (Phi) is 4.48. The van der Waals surface area contributed by atoms with Crippen LogP contribution in [0.5, 0.6) is 5.75 Å². The molecule has 3 rings (SSSR count). The summed E-state index contributed by atoms with van der Waals surface area (Å²) in [6.45, 7) is 1.52. The van der Waals surface area contributed by atoms with E-state index >= 15 is 0 Å². The lowest BCUT2D eigenvalue weighted by molar-refractivity contribution is -0.110. The summed E-state index contributed by atoms with van der Waals surface area (Å²) >= 11 is 0. The number of ether oxygens (including phenoxy) is 3. The monoisotopic (exact) mass is 291 g/mol. The van der Waals surface area contributed by atoms with Crippen LogP contribution < -0.4 is 10.1 Å². The molecule has 1 aromatic carbocycles. The van der Waals surface area contributed by atoms with Crippen LogP contribution in [0.3, 0.4) is 0 Å². The standard InChI is InChI=1S/C17H25NO3/c1-18-16(17(19-2)9-11-20-12-10-17)13-3-5-14(6-4-13)21-15-7-8-15/h3-6,15-16,18H,7-12H2,1-2H3. The lowest BCUT2D eigenvalue weighted by Gasteiger charge is -2.42. The fourth-order valence-corrected chi connectivity index (χ4v) is 3.18. The summed E-state index contributed by atoms with van der Waals surface area (Å²) in [5, 5.41) is 3.43. The number of likely N-dealkylation sites (N-methyl/N-ethyl adjacent to an activating group) is 1. The third-order valence-corrected chi connectivity index (χ3v) is 4.60. The summed E-state index contributed by atoms with van der Waals surface area (Å²) in [5.41, 5.74) is 1.05. The van der Waals surface area contributed by atoms with E-state index in [9.17, 15) is 0 Å². The molecule has 21 heavy (non-hydrogen) atoms. The van der Waals surface area contributed by atoms with Crippen LogP contribution in [0, 0.1) is 0 Å². The molecule has 1 aromatic rings. The van der Waals surface area contributed by atoms with Crippen molar-refractivity contribution in [1.82, 2.24) is 5.32 Å². The summed E-state index contributed by atoms with van der Waals surface area (Å²) in [6, 6.07) is 8.60. The third-order valence-electron chi connectivity index (χ3n) is 4.60. The fraction of sp³-hybridized carbons (Fsp3) is 0.647. The Morgan fingerprint density at radius 3 is 2.38 bits per heavy atom. The molecule has 0 spiro atoms. The van der Waals surface area contributed by atoms with Crippen molar-refractivity contribution in [3.05, 3.63) is 29.8 Å². The maximum Gasteiger partial charge on any atom is 0.119 e. The van der Waals surface area contributed by atoms with Gasteiger partial charge < -0.3 is 19.5 Å². The van der Waals surface area contributed by atoms with Gasteiger partial charge in [-0.05, 0) is 37.6 Å². The van der Waals surface area contributed by atoms with Gasteiger partial charge in [-0.25, -0.2) is 0 Å². The zero-order chi connectivity index (χ0) is 14.7. The second-order valence-electron chi connectivity index (χ2n) is 5.99. The van der Waals surface area contributed by atoms with E-state index in [1.54, 1.807) is 7.11 Å². The highest BCUT2D eigenvalue weighted by molar-refractivity contribution is 5.31. The Hall–Kier alpha value is -1.10. The molecule has 2 aliphatic rings. The predicted molar refractivity (Wildman–Crippen MR) is 81.7 cm³/mol. The maximum atomic E-state index is 5.92. The summed E-state index contributed by atoms with van der Waals surface area (Å²) < 4.78 is 17.2. The number of nitrogens with one attached hydrogen (secondary N) is 1. The lowest BCUT2D eigenvalue weighted by Crippen LogP contribution is -2.48. The zero-order valence-corrected chi connectivity index (χ0v) is 12.9. The van der Waals surface area contributed by atoms with E-state index in [1.807, 2.05) is 7.05 Å². The maximum absolute atomic E-state index is 5.92. The van der Waals surface area contributed by atoms with Gasteiger partial charge in [0.25, 0.3) is 0 Å². The molecule has 0 aromatic heterocycles. The van der Waals surface area contributed by atoms with Crippen molar-refractivity contribution >= 4 is 0 Å². The van der Waals surface area contributed by atoms with Crippen LogP contribution in [-0.2, 0) is 9.47 Å². The summed E-state index contributed by atoms with van der Waals surface area (Å²) in [4.78, 5) is 0. The molecule has 1 heterocycles. The molecule has 1 aliphatic heterocycles. The number of rotatable bonds is 6. The topological polar surface area (TPSA) is 39.7 Å². The van der Waals surface area contributed by atoms with Gasteiger partial charge in [0.1, 0.15) is 5.75 Å². The highest BCUT2D eigenvalue weighted by Crippen LogP contribution is 2.38. The average Bonchev–Trinajstić information content (AvgIpc) is 3.34. The number of methoxy groups -OCH3 is 1. The Bertz CT molecular complexity index is 450. The minimum Gasteiger partial charge on any atom is -0.490 e. The van der Waals surface area contributed by atoms with E-state index in [4.69, 9.17) is 14.2 Å². The van der Waals surface area contributed by atoms with Crippen LogP contribution in [0.2, 0.25) is 0 Å². The van der Waals surface area contributed by atoms with Gasteiger partial charge in [0.2, 0.25) is 0 Å². The molecule has 1 unspecified atom stereocenters. The Morgan fingerprint density at radius 2 is 1.86 bits per heavy atom. The van der Waals surface area contributed by atoms with Crippen LogP contribution in [0.4, 0.5) is 0 Å². The molecule has 0 radical (unpaired) electrons. The normalized spacial score (nSPS) is 22.8. The third kappa shape index (κ3) is 3.23. The van der Waals surface area contributed by atoms with Gasteiger partial charge in [-0.15, -0.1) is 0 Å². The van der Waals surface area contributed by atoms with Crippen LogP contribution in [0.25, 0.3) is 0 Å². The van der Waals surface area contributed by atoms with Gasteiger partial charge in [-0.3, -0.25) is 0 Å². The van der Waals surface area contributed by atoms with Gasteiger partial charge in [0, 0.05) is 33.2 Å². The molecule has 4 nitrogen and oxygen atoms in total. The van der Waals surface area contributed by atoms with E-state index in [-0.39, 0.29) is 11.6 Å². The summed E-state index contributed by atoms with van der Waals surface area (Å²) in [6.07, 6.45) is 4.64. The first-order valence-electron chi connectivity index (χ1n) is 7.84. The van der Waals surface area contributed by atoms with Crippen molar-refractivity contribution in [3.8, 4) is 5.75 Å². The molecular weight excluding hydrogens is 266 g/mol. The van der Waals surface area contributed by atoms with Crippen molar-refractivity contribution in [1.29, 1.82) is 0 Å². The Morgan fingerprint density at radius 1 is 1.19 bits per heavy atom. The molecule has 0 amide bonds. The van der Waals surface area contributed by atoms with E-state index < -0.39 is 0 Å². The van der Waals surface area contributed by atoms with Crippen molar-refractivity contribution in [2.24, 2.45) is 0 Å². The average molecular weight is 291 g/mol. The van der Waals surface area contributed by atoms with Crippen molar-refractivity contribution < 1.29 is 14.2 Å². The second-order valence-corrected chi connectivity index (χ2v) is 5.99. The molecule has 1 N–H and O–H groups in total. The Balaban J connectivity index is 1.77. The first kappa shape index (κ1) is 14.8. The molecule has 0 bridgehead atoms. The van der Waals surface area contributed by atoms with Crippen molar-refractivity contribution in [3.63, 3.8) is 0 Å². The van der Waals surface area contributed by atoms with Crippen molar-refractivity contribution in [2.75, 3.05) is 27.4 Å². The van der Waals surface area contributed by atoms with Crippen LogP contribution in [0.15, 0.2) is 24.3 Å². The highest BCUT2D eigenvalue weighted by Gasteiger charge is 2.40. The molecule has 1 aliphatic carbocycles. The van der Waals surface area contributed by atoms with Gasteiger partial charge in [-0.2, -0.15) is 0 Å². The van der Waals surface area contributed by atoms with Gasteiger partial charge >= 0.3 is 0 Å². The second kappa shape index (κ2) is 6.34. The number of hydrogen-bond acceptors (Lipinski definition) is 4. The number of benzene rings is 1. The molecule has 1 saturated heterocycles. The van der Waals surface area contributed by atoms with Gasteiger partial charge in [0.15, 0.2) is 0 Å². The van der Waals surface area contributed by atoms with Crippen LogP contribution in [0.1, 0.15) is 37.3 Å². The van der Waals surface area contributed by atoms with Crippen LogP contribution >= 0.6 is 0 Å². The molecule has 4 heteroatoms. The van der Waals surface area contributed by atoms with E-state index in [2.05, 4.69) is 29.6 Å². The summed E-state index contributed by atoms with van der Waals surface area (Å²) in [7, 11) is 3.80. The Labute approximate surface area is 126 Å². The van der Waals surface area contributed by atoms with E-state index in [0.717, 1.165) is 31.8 Å². The highest BCUT2D eigenvalue weighted by atomic mass is 16.5. The first-order valence-corrected chi connectivity index (χ1v) is 7.84. The quantitative estimate of drug-likeness (QED) is 0.875. The van der Waals surface area contributed by atoms with Gasteiger partial charge in [-0.1, -0.05) is 12.1 Å². The summed E-state index contributed by atoms with van der Waals surface area (Å²) in [5.74, 6) is 0.967. The smallest absolute Gasteiger partial charge is 0.119 e. The molecule has 2 fully saturated rings. The minimum absolute atomic E-state index is 0.168. The molecule has 1 saturated carbocycles. The minimum atomic E-state index is -0.189. The molecule has 116 valence electrons. The van der Waals surface area contributed by atoms with Crippen molar-refractivity contribution in [2.45, 2.75) is 43.4 Å². The largest absolute Gasteiger partial charge is 0.490 e. The molecular formula is C17H25NO3.